The van der Waals surface area contributed by atoms with Crippen LogP contribution in [0.4, 0.5) is 0 Å². The molecule has 0 aliphatic carbocycles. The Balaban J connectivity index is 2.48. The Hall–Kier alpha value is -1.08. The van der Waals surface area contributed by atoms with Crippen LogP contribution in [-0.2, 0) is 4.79 Å². The molecule has 0 spiro atoms. The highest BCUT2D eigenvalue weighted by Gasteiger charge is 2.25. The monoisotopic (exact) mass is 196 g/mol. The zero-order chi connectivity index (χ0) is 10.6. The van der Waals surface area contributed by atoms with Crippen molar-refractivity contribution < 1.29 is 9.90 Å². The van der Waals surface area contributed by atoms with Crippen LogP contribution < -0.4 is 0 Å². The minimum Gasteiger partial charge on any atom is -0.393 e. The Kier molecular flexibility index (Phi) is 3.90. The van der Waals surface area contributed by atoms with Gasteiger partial charge in [0.15, 0.2) is 0 Å². The Morgan fingerprint density at radius 2 is 2.50 bits per heavy atom. The number of hydrogen-bond donors (Lipinski definition) is 1. The predicted molar refractivity (Wildman–Crippen MR) is 51.2 cm³/mol. The van der Waals surface area contributed by atoms with E-state index in [1.807, 2.05) is 6.07 Å². The Labute approximate surface area is 84.1 Å². The fraction of sp³-hybridized carbons (Fsp3) is 0.800. The molecule has 78 valence electrons. The third kappa shape index (κ3) is 2.71. The van der Waals surface area contributed by atoms with E-state index in [2.05, 4.69) is 0 Å². The summed E-state index contributed by atoms with van der Waals surface area (Å²) in [5, 5.41) is 17.8. The Morgan fingerprint density at radius 3 is 3.07 bits per heavy atom. The van der Waals surface area contributed by atoms with Gasteiger partial charge in [0.25, 0.3) is 0 Å². The molecule has 1 heterocycles. The summed E-state index contributed by atoms with van der Waals surface area (Å²) in [5.41, 5.74) is 0. The molecule has 1 amide bonds. The molecule has 1 aliphatic heterocycles. The quantitative estimate of drug-likeness (QED) is 0.700. The molecule has 0 aromatic heterocycles. The standard InChI is InChI=1S/C10H16N2O2/c1-8(13)9-3-2-6-12(7-9)10(14)4-5-11/h8-9,13H,2-4,6-7H2,1H3/t8-,9+/m1/s1. The molecule has 2 atom stereocenters. The van der Waals surface area contributed by atoms with E-state index in [1.54, 1.807) is 11.8 Å². The van der Waals surface area contributed by atoms with Gasteiger partial charge in [0.2, 0.25) is 5.91 Å². The van der Waals surface area contributed by atoms with Crippen molar-refractivity contribution in [2.45, 2.75) is 32.3 Å². The average molecular weight is 196 g/mol. The van der Waals surface area contributed by atoms with Gasteiger partial charge in [0.05, 0.1) is 12.2 Å². The van der Waals surface area contributed by atoms with Gasteiger partial charge in [-0.3, -0.25) is 4.79 Å². The van der Waals surface area contributed by atoms with Gasteiger partial charge < -0.3 is 10.0 Å². The van der Waals surface area contributed by atoms with Crippen LogP contribution in [0.3, 0.4) is 0 Å². The highest BCUT2D eigenvalue weighted by Crippen LogP contribution is 2.19. The summed E-state index contributed by atoms with van der Waals surface area (Å²) in [7, 11) is 0. The molecule has 1 rings (SSSR count). The summed E-state index contributed by atoms with van der Waals surface area (Å²) < 4.78 is 0. The number of aliphatic hydroxyl groups is 1. The third-order valence-corrected chi connectivity index (χ3v) is 2.72. The van der Waals surface area contributed by atoms with Gasteiger partial charge in [-0.2, -0.15) is 5.26 Å². The van der Waals surface area contributed by atoms with E-state index in [0.29, 0.717) is 6.54 Å². The van der Waals surface area contributed by atoms with Gasteiger partial charge in [0.1, 0.15) is 6.42 Å². The molecule has 4 heteroatoms. The van der Waals surface area contributed by atoms with Crippen LogP contribution in [0.25, 0.3) is 0 Å². The Morgan fingerprint density at radius 1 is 1.79 bits per heavy atom. The second-order valence-electron chi connectivity index (χ2n) is 3.82. The molecule has 1 saturated heterocycles. The summed E-state index contributed by atoms with van der Waals surface area (Å²) in [6, 6.07) is 1.86. The van der Waals surface area contributed by atoms with Crippen LogP contribution in [-0.4, -0.2) is 35.1 Å². The first-order valence-electron chi connectivity index (χ1n) is 4.98. The minimum atomic E-state index is -0.368. The summed E-state index contributed by atoms with van der Waals surface area (Å²) >= 11 is 0. The smallest absolute Gasteiger partial charge is 0.236 e. The predicted octanol–water partition coefficient (Wildman–Crippen LogP) is 0.519. The molecule has 1 fully saturated rings. The van der Waals surface area contributed by atoms with Crippen molar-refractivity contribution >= 4 is 5.91 Å². The van der Waals surface area contributed by atoms with Crippen molar-refractivity contribution in [1.29, 1.82) is 5.26 Å². The van der Waals surface area contributed by atoms with Crippen molar-refractivity contribution in [3.8, 4) is 6.07 Å². The van der Waals surface area contributed by atoms with E-state index in [0.717, 1.165) is 19.4 Å². The fourth-order valence-corrected chi connectivity index (χ4v) is 1.81. The van der Waals surface area contributed by atoms with Gasteiger partial charge in [-0.1, -0.05) is 0 Å². The van der Waals surface area contributed by atoms with Crippen molar-refractivity contribution in [2.24, 2.45) is 5.92 Å². The van der Waals surface area contributed by atoms with Gasteiger partial charge in [-0.25, -0.2) is 0 Å². The zero-order valence-corrected chi connectivity index (χ0v) is 8.44. The van der Waals surface area contributed by atoms with E-state index < -0.39 is 0 Å². The van der Waals surface area contributed by atoms with Crippen molar-refractivity contribution in [1.82, 2.24) is 4.90 Å². The first kappa shape index (κ1) is 11.0. The van der Waals surface area contributed by atoms with Gasteiger partial charge in [-0.05, 0) is 19.8 Å². The number of likely N-dealkylation sites (tertiary alicyclic amines) is 1. The minimum absolute atomic E-state index is 0.0491. The number of carbonyl (C=O) groups excluding carboxylic acids is 1. The van der Waals surface area contributed by atoms with Crippen LogP contribution in [0.5, 0.6) is 0 Å². The topological polar surface area (TPSA) is 64.3 Å². The molecular weight excluding hydrogens is 180 g/mol. The molecule has 0 aromatic rings. The van der Waals surface area contributed by atoms with Crippen LogP contribution in [0.15, 0.2) is 0 Å². The number of piperidine rings is 1. The van der Waals surface area contributed by atoms with Crippen LogP contribution in [0.2, 0.25) is 0 Å². The summed E-state index contributed by atoms with van der Waals surface area (Å²) in [6.45, 7) is 3.07. The lowest BCUT2D eigenvalue weighted by molar-refractivity contribution is -0.132. The van der Waals surface area contributed by atoms with E-state index in [9.17, 15) is 9.90 Å². The molecule has 0 unspecified atom stereocenters. The van der Waals surface area contributed by atoms with Gasteiger partial charge in [0, 0.05) is 19.0 Å². The Bertz CT molecular complexity index is 245. The summed E-state index contributed by atoms with van der Waals surface area (Å²) in [5.74, 6) is 0.0595. The lowest BCUT2D eigenvalue weighted by atomic mass is 9.93. The van der Waals surface area contributed by atoms with E-state index >= 15 is 0 Å². The summed E-state index contributed by atoms with van der Waals surface area (Å²) in [6.07, 6.45) is 1.47. The van der Waals surface area contributed by atoms with Crippen molar-refractivity contribution in [3.05, 3.63) is 0 Å². The second kappa shape index (κ2) is 4.97. The summed E-state index contributed by atoms with van der Waals surface area (Å²) in [4.78, 5) is 13.1. The molecular formula is C10H16N2O2. The third-order valence-electron chi connectivity index (χ3n) is 2.72. The molecule has 1 aliphatic rings. The molecule has 1 N–H and O–H groups in total. The van der Waals surface area contributed by atoms with Gasteiger partial charge in [-0.15, -0.1) is 0 Å². The number of nitrogens with zero attached hydrogens (tertiary/aromatic N) is 2. The second-order valence-corrected chi connectivity index (χ2v) is 3.82. The number of carbonyl (C=O) groups is 1. The molecule has 0 radical (unpaired) electrons. The first-order chi connectivity index (χ1) is 6.65. The van der Waals surface area contributed by atoms with E-state index in [-0.39, 0.29) is 24.3 Å². The lowest BCUT2D eigenvalue weighted by Crippen LogP contribution is -2.42. The molecule has 0 aromatic carbocycles. The average Bonchev–Trinajstić information content (AvgIpc) is 2.18. The number of hydrogen-bond acceptors (Lipinski definition) is 3. The lowest BCUT2D eigenvalue weighted by Gasteiger charge is -2.33. The maximum atomic E-state index is 11.4. The van der Waals surface area contributed by atoms with Crippen molar-refractivity contribution in [3.63, 3.8) is 0 Å². The maximum Gasteiger partial charge on any atom is 0.236 e. The number of aliphatic hydroxyl groups excluding tert-OH is 1. The normalized spacial score (nSPS) is 24.1. The van der Waals surface area contributed by atoms with E-state index in [1.165, 1.54) is 0 Å². The maximum absolute atomic E-state index is 11.4. The van der Waals surface area contributed by atoms with Gasteiger partial charge >= 0.3 is 0 Å². The largest absolute Gasteiger partial charge is 0.393 e. The zero-order valence-electron chi connectivity index (χ0n) is 8.44. The molecule has 4 nitrogen and oxygen atoms in total. The van der Waals surface area contributed by atoms with Crippen molar-refractivity contribution in [2.75, 3.05) is 13.1 Å². The van der Waals surface area contributed by atoms with Crippen LogP contribution in [0.1, 0.15) is 26.2 Å². The number of rotatable bonds is 2. The number of amides is 1. The molecule has 0 saturated carbocycles. The fourth-order valence-electron chi connectivity index (χ4n) is 1.81. The molecule has 0 bridgehead atoms. The first-order valence-corrected chi connectivity index (χ1v) is 4.98. The highest BCUT2D eigenvalue weighted by molar-refractivity contribution is 5.78. The highest BCUT2D eigenvalue weighted by atomic mass is 16.3. The SMILES string of the molecule is C[C@@H](O)[C@H]1CCCN(C(=O)CC#N)C1. The number of nitriles is 1. The molecule has 14 heavy (non-hydrogen) atoms. The van der Waals surface area contributed by atoms with E-state index in [4.69, 9.17) is 5.26 Å². The van der Waals surface area contributed by atoms with Crippen LogP contribution in [0, 0.1) is 17.2 Å². The van der Waals surface area contributed by atoms with Crippen LogP contribution >= 0.6 is 0 Å².